The van der Waals surface area contributed by atoms with E-state index in [4.69, 9.17) is 20.3 Å². The molecule has 0 fully saturated rings. The lowest BCUT2D eigenvalue weighted by Crippen LogP contribution is -2.02. The Bertz CT molecular complexity index is 1010. The van der Waals surface area contributed by atoms with E-state index < -0.39 is 19.6 Å². The first-order valence-electron chi connectivity index (χ1n) is 8.70. The van der Waals surface area contributed by atoms with Crippen molar-refractivity contribution >= 4 is 24.6 Å². The van der Waals surface area contributed by atoms with Gasteiger partial charge in [0.05, 0.1) is 19.1 Å². The molecule has 11 heteroatoms. The number of ether oxygens (including phenoxy) is 1. The Hall–Kier alpha value is -2.55. The lowest BCUT2D eigenvalue weighted by Gasteiger charge is -2.09. The zero-order chi connectivity index (χ0) is 20.1. The number of benzene rings is 1. The van der Waals surface area contributed by atoms with Crippen LogP contribution >= 0.6 is 7.60 Å². The number of unbranched alkanes of at least 4 members (excludes halogenated alkanes) is 2. The molecule has 0 aliphatic carbocycles. The Kier molecular flexibility index (Phi) is 6.23. The fraction of sp³-hybridized carbons (Fsp3) is 0.353. The predicted octanol–water partition coefficient (Wildman–Crippen LogP) is 2.47. The number of hydrogen-bond acceptors (Lipinski definition) is 6. The van der Waals surface area contributed by atoms with Gasteiger partial charge in [-0.15, -0.1) is 0 Å². The van der Waals surface area contributed by atoms with Crippen molar-refractivity contribution in [3.8, 4) is 5.75 Å². The molecule has 150 valence electrons. The molecule has 0 radical (unpaired) electrons. The Morgan fingerprint density at radius 3 is 2.75 bits per heavy atom. The van der Waals surface area contributed by atoms with E-state index in [1.807, 2.05) is 4.57 Å². The lowest BCUT2D eigenvalue weighted by atomic mass is 10.2. The highest BCUT2D eigenvalue weighted by molar-refractivity contribution is 7.50. The van der Waals surface area contributed by atoms with E-state index in [1.54, 1.807) is 6.33 Å². The van der Waals surface area contributed by atoms with Crippen LogP contribution in [0, 0.1) is 5.82 Å². The van der Waals surface area contributed by atoms with Gasteiger partial charge in [0.25, 0.3) is 0 Å². The summed E-state index contributed by atoms with van der Waals surface area (Å²) in [7, 11) is -4.22. The summed E-state index contributed by atoms with van der Waals surface area (Å²) in [5.74, 6) is -0.207. The maximum absolute atomic E-state index is 14.0. The van der Waals surface area contributed by atoms with E-state index in [1.165, 1.54) is 18.5 Å². The monoisotopic (exact) mass is 409 g/mol. The van der Waals surface area contributed by atoms with E-state index >= 15 is 0 Å². The molecule has 0 aliphatic heterocycles. The number of fused-ring (bicyclic) bond motifs is 1. The third kappa shape index (κ3) is 5.25. The summed E-state index contributed by atoms with van der Waals surface area (Å²) in [6, 6.07) is 3.93. The molecule has 0 saturated carbocycles. The van der Waals surface area contributed by atoms with Gasteiger partial charge >= 0.3 is 7.60 Å². The molecule has 2 heterocycles. The van der Waals surface area contributed by atoms with E-state index in [2.05, 4.69) is 15.0 Å². The molecule has 0 spiro atoms. The quantitative estimate of drug-likeness (QED) is 0.362. The number of nitrogens with two attached hydrogens (primary N) is 1. The van der Waals surface area contributed by atoms with Crippen molar-refractivity contribution in [3.63, 3.8) is 0 Å². The normalized spacial score (nSPS) is 11.8. The van der Waals surface area contributed by atoms with Crippen LogP contribution in [0.4, 0.5) is 10.2 Å². The molecule has 28 heavy (non-hydrogen) atoms. The number of anilines is 1. The van der Waals surface area contributed by atoms with Crippen molar-refractivity contribution < 1.29 is 23.5 Å². The first kappa shape index (κ1) is 20.2. The number of halogens is 1. The number of aryl methyl sites for hydroxylation is 1. The lowest BCUT2D eigenvalue weighted by molar-refractivity contribution is 0.289. The molecule has 0 unspecified atom stereocenters. The fourth-order valence-corrected chi connectivity index (χ4v) is 3.48. The average molecular weight is 409 g/mol. The van der Waals surface area contributed by atoms with Crippen molar-refractivity contribution in [1.29, 1.82) is 0 Å². The molecular formula is C17H21FN5O4P. The SMILES string of the molecule is Nc1ncnc2c1ncn2CCCCCOc1ccc(CP(=O)(O)O)cc1F. The first-order chi connectivity index (χ1) is 13.3. The van der Waals surface area contributed by atoms with Gasteiger partial charge in [-0.3, -0.25) is 4.57 Å². The largest absolute Gasteiger partial charge is 0.491 e. The highest BCUT2D eigenvalue weighted by atomic mass is 31.2. The molecule has 0 atom stereocenters. The molecule has 3 aromatic rings. The maximum Gasteiger partial charge on any atom is 0.329 e. The van der Waals surface area contributed by atoms with Gasteiger partial charge in [0, 0.05) is 6.54 Å². The minimum atomic E-state index is -4.22. The summed E-state index contributed by atoms with van der Waals surface area (Å²) in [4.78, 5) is 30.2. The third-order valence-electron chi connectivity index (χ3n) is 4.12. The standard InChI is InChI=1S/C17H21FN5O4P/c18-13-8-12(9-28(24,25)26)4-5-14(13)27-7-3-1-2-6-23-11-22-15-16(19)20-10-21-17(15)23/h4-5,8,10-11H,1-3,6-7,9H2,(H2,19,20,21)(H2,24,25,26). The van der Waals surface area contributed by atoms with Gasteiger partial charge in [-0.1, -0.05) is 6.07 Å². The van der Waals surface area contributed by atoms with E-state index in [0.717, 1.165) is 31.9 Å². The van der Waals surface area contributed by atoms with Crippen molar-refractivity contribution in [2.75, 3.05) is 12.3 Å². The van der Waals surface area contributed by atoms with Gasteiger partial charge in [-0.2, -0.15) is 0 Å². The van der Waals surface area contributed by atoms with Gasteiger partial charge in [0.1, 0.15) is 11.8 Å². The number of nitrogen functional groups attached to an aromatic ring is 1. The Morgan fingerprint density at radius 1 is 1.18 bits per heavy atom. The van der Waals surface area contributed by atoms with Gasteiger partial charge in [0.2, 0.25) is 0 Å². The predicted molar refractivity (Wildman–Crippen MR) is 101 cm³/mol. The molecule has 3 rings (SSSR count). The zero-order valence-corrected chi connectivity index (χ0v) is 15.9. The number of aromatic nitrogens is 4. The first-order valence-corrected chi connectivity index (χ1v) is 10.5. The van der Waals surface area contributed by atoms with Crippen molar-refractivity contribution in [1.82, 2.24) is 19.5 Å². The van der Waals surface area contributed by atoms with Crippen LogP contribution in [0.15, 0.2) is 30.9 Å². The van der Waals surface area contributed by atoms with Gasteiger partial charge in [0.15, 0.2) is 23.0 Å². The van der Waals surface area contributed by atoms with Gasteiger partial charge in [-0.25, -0.2) is 19.3 Å². The Balaban J connectivity index is 1.42. The van der Waals surface area contributed by atoms with E-state index in [-0.39, 0.29) is 11.3 Å². The number of nitrogens with zero attached hydrogens (tertiary/aromatic N) is 4. The average Bonchev–Trinajstić information content (AvgIpc) is 3.03. The molecule has 1 aromatic carbocycles. The summed E-state index contributed by atoms with van der Waals surface area (Å²) < 4.78 is 32.3. The second kappa shape index (κ2) is 8.64. The molecule has 0 amide bonds. The number of hydrogen-bond donors (Lipinski definition) is 3. The Labute approximate surface area is 160 Å². The molecule has 0 aliphatic rings. The van der Waals surface area contributed by atoms with Crippen LogP contribution in [0.2, 0.25) is 0 Å². The van der Waals surface area contributed by atoms with Crippen LogP contribution in [0.5, 0.6) is 5.75 Å². The van der Waals surface area contributed by atoms with Crippen LogP contribution in [0.25, 0.3) is 11.2 Å². The zero-order valence-electron chi connectivity index (χ0n) is 15.0. The topological polar surface area (TPSA) is 136 Å². The second-order valence-electron chi connectivity index (χ2n) is 6.37. The van der Waals surface area contributed by atoms with Crippen molar-refractivity contribution in [2.24, 2.45) is 0 Å². The summed E-state index contributed by atoms with van der Waals surface area (Å²) in [6.07, 6.45) is 5.04. The van der Waals surface area contributed by atoms with Crippen molar-refractivity contribution in [3.05, 3.63) is 42.2 Å². The summed E-state index contributed by atoms with van der Waals surface area (Å²) in [5.41, 5.74) is 7.27. The van der Waals surface area contributed by atoms with Crippen LogP contribution in [-0.2, 0) is 17.3 Å². The smallest absolute Gasteiger partial charge is 0.329 e. The van der Waals surface area contributed by atoms with Crippen LogP contribution in [-0.4, -0.2) is 35.9 Å². The highest BCUT2D eigenvalue weighted by Crippen LogP contribution is 2.39. The fourth-order valence-electron chi connectivity index (χ4n) is 2.80. The number of rotatable bonds is 9. The minimum absolute atomic E-state index is 0.0715. The van der Waals surface area contributed by atoms with Crippen LogP contribution in [0.1, 0.15) is 24.8 Å². The highest BCUT2D eigenvalue weighted by Gasteiger charge is 2.15. The maximum atomic E-state index is 14.0. The van der Waals surface area contributed by atoms with E-state index in [9.17, 15) is 8.96 Å². The third-order valence-corrected chi connectivity index (χ3v) is 4.89. The summed E-state index contributed by atoms with van der Waals surface area (Å²) in [6.45, 7) is 1.06. The van der Waals surface area contributed by atoms with Crippen LogP contribution < -0.4 is 10.5 Å². The second-order valence-corrected chi connectivity index (χ2v) is 8.01. The van der Waals surface area contributed by atoms with Gasteiger partial charge < -0.3 is 24.8 Å². The molecule has 0 bridgehead atoms. The summed E-state index contributed by atoms with van der Waals surface area (Å²) >= 11 is 0. The number of imidazole rings is 1. The molecule has 9 nitrogen and oxygen atoms in total. The molecular weight excluding hydrogens is 388 g/mol. The molecule has 4 N–H and O–H groups in total. The molecule has 2 aromatic heterocycles. The van der Waals surface area contributed by atoms with Crippen LogP contribution in [0.3, 0.4) is 0 Å². The van der Waals surface area contributed by atoms with Gasteiger partial charge in [-0.05, 0) is 37.0 Å². The van der Waals surface area contributed by atoms with Crippen molar-refractivity contribution in [2.45, 2.75) is 32.0 Å². The summed E-state index contributed by atoms with van der Waals surface area (Å²) in [5, 5.41) is 0. The Morgan fingerprint density at radius 2 is 2.00 bits per heavy atom. The molecule has 0 saturated heterocycles. The van der Waals surface area contributed by atoms with E-state index in [0.29, 0.717) is 23.6 Å². The minimum Gasteiger partial charge on any atom is -0.491 e.